The largest absolute Gasteiger partial charge is 0.465 e. The lowest BCUT2D eigenvalue weighted by Crippen LogP contribution is -2.49. The Morgan fingerprint density at radius 1 is 1.21 bits per heavy atom. The van der Waals surface area contributed by atoms with Gasteiger partial charge in [0.2, 0.25) is 5.91 Å². The van der Waals surface area contributed by atoms with E-state index < -0.39 is 0 Å². The maximum Gasteiger partial charge on any atom is 0.325 e. The molecule has 130 valence electrons. The first-order chi connectivity index (χ1) is 11.6. The molecule has 1 saturated carbocycles. The van der Waals surface area contributed by atoms with E-state index in [1.807, 2.05) is 4.90 Å². The Bertz CT molecular complexity index is 602. The first kappa shape index (κ1) is 17.0. The minimum atomic E-state index is -0.291. The van der Waals surface area contributed by atoms with Gasteiger partial charge >= 0.3 is 5.97 Å². The zero-order chi connectivity index (χ0) is 17.2. The van der Waals surface area contributed by atoms with Gasteiger partial charge in [0.25, 0.3) is 0 Å². The van der Waals surface area contributed by atoms with Crippen molar-refractivity contribution in [2.75, 3.05) is 13.2 Å². The van der Waals surface area contributed by atoms with Crippen LogP contribution in [0.5, 0.6) is 0 Å². The molecule has 0 radical (unpaired) electrons. The molecule has 1 spiro atoms. The van der Waals surface area contributed by atoms with E-state index in [2.05, 4.69) is 31.2 Å². The molecule has 4 nitrogen and oxygen atoms in total. The highest BCUT2D eigenvalue weighted by Gasteiger charge is 2.51. The lowest BCUT2D eigenvalue weighted by Gasteiger charge is -2.41. The highest BCUT2D eigenvalue weighted by molar-refractivity contribution is 5.90. The maximum atomic E-state index is 13.1. The highest BCUT2D eigenvalue weighted by atomic mass is 16.5. The number of aryl methyl sites for hydroxylation is 1. The lowest BCUT2D eigenvalue weighted by molar-refractivity contribution is -0.151. The monoisotopic (exact) mass is 329 g/mol. The van der Waals surface area contributed by atoms with E-state index >= 15 is 0 Å². The molecule has 1 aliphatic carbocycles. The molecule has 1 aliphatic heterocycles. The Hall–Kier alpha value is -1.84. The Balaban J connectivity index is 1.87. The number of hydrogen-bond donors (Lipinski definition) is 0. The van der Waals surface area contributed by atoms with E-state index in [-0.39, 0.29) is 29.9 Å². The van der Waals surface area contributed by atoms with Gasteiger partial charge in [-0.1, -0.05) is 49.1 Å². The van der Waals surface area contributed by atoms with Gasteiger partial charge in [0.1, 0.15) is 6.54 Å². The maximum absolute atomic E-state index is 13.1. The molecule has 1 amide bonds. The fourth-order valence-corrected chi connectivity index (χ4v) is 4.32. The molecule has 1 aromatic carbocycles. The molecule has 0 N–H and O–H groups in total. The van der Waals surface area contributed by atoms with Crippen LogP contribution in [0.2, 0.25) is 0 Å². The number of rotatable bonds is 4. The van der Waals surface area contributed by atoms with E-state index in [0.717, 1.165) is 37.7 Å². The third-order valence-corrected chi connectivity index (χ3v) is 5.58. The Labute approximate surface area is 144 Å². The minimum absolute atomic E-state index is 0.0915. The van der Waals surface area contributed by atoms with Crippen molar-refractivity contribution in [3.05, 3.63) is 35.4 Å². The average Bonchev–Trinajstić information content (AvgIpc) is 2.82. The summed E-state index contributed by atoms with van der Waals surface area (Å²) in [6, 6.07) is 8.24. The van der Waals surface area contributed by atoms with Gasteiger partial charge in [-0.3, -0.25) is 9.59 Å². The van der Waals surface area contributed by atoms with Gasteiger partial charge in [-0.2, -0.15) is 0 Å². The molecule has 1 unspecified atom stereocenters. The molecule has 1 atom stereocenters. The fraction of sp³-hybridized carbons (Fsp3) is 0.600. The van der Waals surface area contributed by atoms with E-state index in [1.165, 1.54) is 12.0 Å². The van der Waals surface area contributed by atoms with Crippen molar-refractivity contribution in [3.8, 4) is 0 Å². The van der Waals surface area contributed by atoms with Gasteiger partial charge in [-0.25, -0.2) is 0 Å². The van der Waals surface area contributed by atoms with Crippen LogP contribution < -0.4 is 0 Å². The second-order valence-corrected chi connectivity index (χ2v) is 7.18. The minimum Gasteiger partial charge on any atom is -0.465 e. The van der Waals surface area contributed by atoms with Crippen LogP contribution in [0.3, 0.4) is 0 Å². The van der Waals surface area contributed by atoms with Crippen molar-refractivity contribution in [1.82, 2.24) is 4.90 Å². The Morgan fingerprint density at radius 3 is 2.50 bits per heavy atom. The van der Waals surface area contributed by atoms with Crippen LogP contribution in [0.15, 0.2) is 24.3 Å². The van der Waals surface area contributed by atoms with Crippen LogP contribution in [0.1, 0.15) is 62.5 Å². The molecule has 0 bridgehead atoms. The predicted octanol–water partition coefficient (Wildman–Crippen LogP) is 3.58. The number of benzene rings is 1. The van der Waals surface area contributed by atoms with Gasteiger partial charge in [0.15, 0.2) is 0 Å². The quantitative estimate of drug-likeness (QED) is 0.793. The summed E-state index contributed by atoms with van der Waals surface area (Å²) < 4.78 is 5.11. The zero-order valence-corrected chi connectivity index (χ0v) is 14.7. The summed E-state index contributed by atoms with van der Waals surface area (Å²) in [6.07, 6.45) is 6.31. The standard InChI is InChI=1S/C20H27NO3/c1-3-24-18(22)14-21-19(23)17(16-9-7-15(2)8-10-16)13-20(21)11-5-4-6-12-20/h7-10,17H,3-6,11-14H2,1-2H3. The molecule has 0 aromatic heterocycles. The molecule has 24 heavy (non-hydrogen) atoms. The van der Waals surface area contributed by atoms with E-state index in [1.54, 1.807) is 6.92 Å². The van der Waals surface area contributed by atoms with Crippen LogP contribution in [0, 0.1) is 6.92 Å². The van der Waals surface area contributed by atoms with Crippen molar-refractivity contribution in [1.29, 1.82) is 0 Å². The predicted molar refractivity (Wildman–Crippen MR) is 92.7 cm³/mol. The Morgan fingerprint density at radius 2 is 1.88 bits per heavy atom. The number of likely N-dealkylation sites (tertiary alicyclic amines) is 1. The van der Waals surface area contributed by atoms with Gasteiger partial charge in [0, 0.05) is 5.54 Å². The van der Waals surface area contributed by atoms with Crippen LogP contribution >= 0.6 is 0 Å². The van der Waals surface area contributed by atoms with Crippen LogP contribution in [-0.4, -0.2) is 35.5 Å². The number of hydrogen-bond acceptors (Lipinski definition) is 3. The summed E-state index contributed by atoms with van der Waals surface area (Å²) in [5.41, 5.74) is 2.11. The van der Waals surface area contributed by atoms with Gasteiger partial charge in [0.05, 0.1) is 12.5 Å². The van der Waals surface area contributed by atoms with Crippen LogP contribution in [-0.2, 0) is 14.3 Å². The van der Waals surface area contributed by atoms with E-state index in [9.17, 15) is 9.59 Å². The number of ether oxygens (including phenoxy) is 1. The molecule has 3 rings (SSSR count). The first-order valence-electron chi connectivity index (χ1n) is 9.09. The summed E-state index contributed by atoms with van der Waals surface area (Å²) >= 11 is 0. The summed E-state index contributed by atoms with van der Waals surface area (Å²) in [5.74, 6) is -0.327. The topological polar surface area (TPSA) is 46.6 Å². The Kier molecular flexibility index (Phi) is 4.93. The van der Waals surface area contributed by atoms with Crippen LogP contribution in [0.25, 0.3) is 0 Å². The number of carbonyl (C=O) groups is 2. The smallest absolute Gasteiger partial charge is 0.325 e. The van der Waals surface area contributed by atoms with Crippen LogP contribution in [0.4, 0.5) is 0 Å². The second-order valence-electron chi connectivity index (χ2n) is 7.18. The fourth-order valence-electron chi connectivity index (χ4n) is 4.32. The zero-order valence-electron chi connectivity index (χ0n) is 14.7. The summed E-state index contributed by atoms with van der Waals surface area (Å²) in [5, 5.41) is 0. The molecule has 4 heteroatoms. The average molecular weight is 329 g/mol. The van der Waals surface area contributed by atoms with Gasteiger partial charge in [-0.05, 0) is 38.7 Å². The number of carbonyl (C=O) groups excluding carboxylic acids is 2. The summed E-state index contributed by atoms with van der Waals surface area (Å²) in [7, 11) is 0. The summed E-state index contributed by atoms with van der Waals surface area (Å²) in [6.45, 7) is 4.30. The van der Waals surface area contributed by atoms with Gasteiger partial charge < -0.3 is 9.64 Å². The number of nitrogens with zero attached hydrogens (tertiary/aromatic N) is 1. The lowest BCUT2D eigenvalue weighted by atomic mass is 9.77. The van der Waals surface area contributed by atoms with Crippen molar-refractivity contribution < 1.29 is 14.3 Å². The molecular formula is C20H27NO3. The van der Waals surface area contributed by atoms with Crippen molar-refractivity contribution >= 4 is 11.9 Å². The van der Waals surface area contributed by atoms with E-state index in [4.69, 9.17) is 4.74 Å². The molecule has 2 aliphatic rings. The van der Waals surface area contributed by atoms with Gasteiger partial charge in [-0.15, -0.1) is 0 Å². The molecule has 1 heterocycles. The van der Waals surface area contributed by atoms with Crippen molar-refractivity contribution in [2.45, 2.75) is 63.8 Å². The number of esters is 1. The first-order valence-corrected chi connectivity index (χ1v) is 9.09. The third kappa shape index (κ3) is 3.19. The normalized spacial score (nSPS) is 22.8. The molecule has 1 aromatic rings. The molecule has 2 fully saturated rings. The summed E-state index contributed by atoms with van der Waals surface area (Å²) in [4.78, 5) is 27.0. The highest BCUT2D eigenvalue weighted by Crippen LogP contribution is 2.47. The van der Waals surface area contributed by atoms with Crippen molar-refractivity contribution in [2.24, 2.45) is 0 Å². The third-order valence-electron chi connectivity index (χ3n) is 5.58. The van der Waals surface area contributed by atoms with Crippen molar-refractivity contribution in [3.63, 3.8) is 0 Å². The number of amides is 1. The van der Waals surface area contributed by atoms with E-state index in [0.29, 0.717) is 6.61 Å². The second kappa shape index (κ2) is 6.96. The molecular weight excluding hydrogens is 302 g/mol. The SMILES string of the molecule is CCOC(=O)CN1C(=O)C(c2ccc(C)cc2)CC12CCCCC2. The molecule has 1 saturated heterocycles.